The van der Waals surface area contributed by atoms with Crippen molar-refractivity contribution >= 4 is 21.8 Å². The van der Waals surface area contributed by atoms with Crippen molar-refractivity contribution in [3.63, 3.8) is 0 Å². The number of aryl methyl sites for hydroxylation is 3. The van der Waals surface area contributed by atoms with E-state index in [1.54, 1.807) is 7.11 Å². The Morgan fingerprint density at radius 3 is 2.70 bits per heavy atom. The predicted molar refractivity (Wildman–Crippen MR) is 87.5 cm³/mol. The third-order valence-electron chi connectivity index (χ3n) is 4.19. The van der Waals surface area contributed by atoms with E-state index >= 15 is 0 Å². The summed E-state index contributed by atoms with van der Waals surface area (Å²) in [6.45, 7) is 3.82. The van der Waals surface area contributed by atoms with Crippen LogP contribution in [0.3, 0.4) is 0 Å². The Kier molecular flexibility index (Phi) is 2.87. The van der Waals surface area contributed by atoms with E-state index in [2.05, 4.69) is 15.2 Å². The summed E-state index contributed by atoms with van der Waals surface area (Å²) >= 11 is 0. The molecule has 0 radical (unpaired) electrons. The number of methoxy groups -OCH3 is 1. The molecule has 0 spiro atoms. The second kappa shape index (κ2) is 4.81. The van der Waals surface area contributed by atoms with E-state index in [0.29, 0.717) is 0 Å². The summed E-state index contributed by atoms with van der Waals surface area (Å²) in [7, 11) is 3.59. The zero-order chi connectivity index (χ0) is 16.1. The molecular formula is C17H16N4O2. The lowest BCUT2D eigenvalue weighted by Gasteiger charge is -2.11. The highest BCUT2D eigenvalue weighted by Crippen LogP contribution is 2.38. The van der Waals surface area contributed by atoms with Gasteiger partial charge in [-0.15, -0.1) is 0 Å². The second-order valence-electron chi connectivity index (χ2n) is 5.60. The topological polar surface area (TPSA) is 66.0 Å². The minimum absolute atomic E-state index is 0.766. The molecule has 6 nitrogen and oxygen atoms in total. The van der Waals surface area contributed by atoms with E-state index in [1.807, 2.05) is 50.1 Å². The first-order valence-corrected chi connectivity index (χ1v) is 7.32. The highest BCUT2D eigenvalue weighted by Gasteiger charge is 2.18. The fraction of sp³-hybridized carbons (Fsp3) is 0.235. The highest BCUT2D eigenvalue weighted by atomic mass is 16.5. The van der Waals surface area contributed by atoms with Crippen molar-refractivity contribution in [3.8, 4) is 16.9 Å². The minimum atomic E-state index is 0.766. The van der Waals surface area contributed by atoms with Crippen LogP contribution in [-0.4, -0.2) is 27.0 Å². The molecule has 0 aliphatic rings. The van der Waals surface area contributed by atoms with Gasteiger partial charge in [-0.3, -0.25) is 9.67 Å². The SMILES string of the molecule is COc1cc2c(cc1-c1c(C)noc1C)ncc1cnn(C)c12. The first-order valence-electron chi connectivity index (χ1n) is 7.32. The van der Waals surface area contributed by atoms with E-state index in [4.69, 9.17) is 9.26 Å². The zero-order valence-corrected chi connectivity index (χ0v) is 13.4. The van der Waals surface area contributed by atoms with Crippen LogP contribution in [0.15, 0.2) is 29.0 Å². The second-order valence-corrected chi connectivity index (χ2v) is 5.60. The van der Waals surface area contributed by atoms with Crippen molar-refractivity contribution in [1.82, 2.24) is 19.9 Å². The molecule has 23 heavy (non-hydrogen) atoms. The zero-order valence-electron chi connectivity index (χ0n) is 13.4. The van der Waals surface area contributed by atoms with Crippen molar-refractivity contribution < 1.29 is 9.26 Å². The Morgan fingerprint density at radius 2 is 2.00 bits per heavy atom. The molecule has 4 aromatic rings. The maximum atomic E-state index is 5.63. The van der Waals surface area contributed by atoms with E-state index in [9.17, 15) is 0 Å². The largest absolute Gasteiger partial charge is 0.496 e. The van der Waals surface area contributed by atoms with Crippen molar-refractivity contribution in [1.29, 1.82) is 0 Å². The Morgan fingerprint density at radius 1 is 1.17 bits per heavy atom. The maximum absolute atomic E-state index is 5.63. The molecule has 0 bridgehead atoms. The molecule has 1 aromatic carbocycles. The Balaban J connectivity index is 2.11. The average Bonchev–Trinajstić information content (AvgIpc) is 3.09. The van der Waals surface area contributed by atoms with Gasteiger partial charge in [0.25, 0.3) is 0 Å². The molecular weight excluding hydrogens is 292 g/mol. The number of aromatic nitrogens is 4. The first-order chi connectivity index (χ1) is 11.1. The lowest BCUT2D eigenvalue weighted by molar-refractivity contribution is 0.393. The molecule has 0 aliphatic heterocycles. The van der Waals surface area contributed by atoms with Gasteiger partial charge in [-0.2, -0.15) is 5.10 Å². The van der Waals surface area contributed by atoms with Gasteiger partial charge < -0.3 is 9.26 Å². The minimum Gasteiger partial charge on any atom is -0.496 e. The summed E-state index contributed by atoms with van der Waals surface area (Å²) in [5.74, 6) is 1.53. The Labute approximate surface area is 132 Å². The lowest BCUT2D eigenvalue weighted by atomic mass is 10.0. The molecule has 0 aliphatic carbocycles. The van der Waals surface area contributed by atoms with E-state index in [1.165, 1.54) is 0 Å². The number of pyridine rings is 1. The van der Waals surface area contributed by atoms with Gasteiger partial charge in [0.2, 0.25) is 0 Å². The molecule has 0 saturated carbocycles. The van der Waals surface area contributed by atoms with Crippen LogP contribution >= 0.6 is 0 Å². The molecule has 0 atom stereocenters. The van der Waals surface area contributed by atoms with Crippen molar-refractivity contribution in [2.75, 3.05) is 7.11 Å². The van der Waals surface area contributed by atoms with Gasteiger partial charge >= 0.3 is 0 Å². The number of hydrogen-bond acceptors (Lipinski definition) is 5. The van der Waals surface area contributed by atoms with Crippen LogP contribution < -0.4 is 4.74 Å². The number of fused-ring (bicyclic) bond motifs is 3. The summed E-state index contributed by atoms with van der Waals surface area (Å²) in [5.41, 5.74) is 4.65. The van der Waals surface area contributed by atoms with E-state index in [-0.39, 0.29) is 0 Å². The maximum Gasteiger partial charge on any atom is 0.141 e. The smallest absolute Gasteiger partial charge is 0.141 e. The van der Waals surface area contributed by atoms with E-state index in [0.717, 1.165) is 50.1 Å². The standard InChI is InChI=1S/C17H16N4O2/c1-9-16(10(2)23-20-9)13-5-14-12(6-15(13)22-4)17-11(7-18-14)8-19-21(17)3/h5-8H,1-4H3. The monoisotopic (exact) mass is 308 g/mol. The summed E-state index contributed by atoms with van der Waals surface area (Å²) in [6.07, 6.45) is 3.66. The fourth-order valence-corrected chi connectivity index (χ4v) is 3.11. The molecule has 3 aromatic heterocycles. The molecule has 0 fully saturated rings. The van der Waals surface area contributed by atoms with Gasteiger partial charge in [0.05, 0.1) is 35.6 Å². The Hall–Kier alpha value is -2.89. The van der Waals surface area contributed by atoms with Crippen LogP contribution in [0.2, 0.25) is 0 Å². The molecule has 0 N–H and O–H groups in total. The van der Waals surface area contributed by atoms with Crippen molar-refractivity contribution in [3.05, 3.63) is 36.0 Å². The highest BCUT2D eigenvalue weighted by molar-refractivity contribution is 6.05. The summed E-state index contributed by atoms with van der Waals surface area (Å²) in [4.78, 5) is 4.57. The number of benzene rings is 1. The molecule has 0 amide bonds. The third-order valence-corrected chi connectivity index (χ3v) is 4.19. The van der Waals surface area contributed by atoms with Gasteiger partial charge in [-0.1, -0.05) is 5.16 Å². The van der Waals surface area contributed by atoms with Gasteiger partial charge in [0.1, 0.15) is 11.5 Å². The Bertz CT molecular complexity index is 1030. The van der Waals surface area contributed by atoms with Crippen LogP contribution in [0.4, 0.5) is 0 Å². The normalized spacial score (nSPS) is 11.5. The van der Waals surface area contributed by atoms with Gasteiger partial charge in [0.15, 0.2) is 0 Å². The van der Waals surface area contributed by atoms with Crippen molar-refractivity contribution in [2.45, 2.75) is 13.8 Å². The number of nitrogens with zero attached hydrogens (tertiary/aromatic N) is 4. The van der Waals surface area contributed by atoms with Crippen molar-refractivity contribution in [2.24, 2.45) is 7.05 Å². The summed E-state index contributed by atoms with van der Waals surface area (Å²) in [6, 6.07) is 4.03. The summed E-state index contributed by atoms with van der Waals surface area (Å²) in [5, 5.41) is 10.4. The van der Waals surface area contributed by atoms with Gasteiger partial charge in [-0.05, 0) is 26.0 Å². The summed E-state index contributed by atoms with van der Waals surface area (Å²) < 4.78 is 12.8. The molecule has 4 rings (SSSR count). The molecule has 116 valence electrons. The molecule has 3 heterocycles. The quantitative estimate of drug-likeness (QED) is 0.568. The van der Waals surface area contributed by atoms with Crippen LogP contribution in [0.1, 0.15) is 11.5 Å². The number of ether oxygens (including phenoxy) is 1. The van der Waals surface area contributed by atoms with Crippen LogP contribution in [0.5, 0.6) is 5.75 Å². The van der Waals surface area contributed by atoms with Crippen LogP contribution in [0, 0.1) is 13.8 Å². The number of rotatable bonds is 2. The fourth-order valence-electron chi connectivity index (χ4n) is 3.11. The van der Waals surface area contributed by atoms with E-state index < -0.39 is 0 Å². The number of hydrogen-bond donors (Lipinski definition) is 0. The van der Waals surface area contributed by atoms with Gasteiger partial charge in [-0.25, -0.2) is 0 Å². The third kappa shape index (κ3) is 1.91. The molecule has 0 saturated heterocycles. The lowest BCUT2D eigenvalue weighted by Crippen LogP contribution is -1.94. The molecule has 0 unspecified atom stereocenters. The van der Waals surface area contributed by atoms with Crippen LogP contribution in [-0.2, 0) is 7.05 Å². The average molecular weight is 308 g/mol. The first kappa shape index (κ1) is 13.8. The predicted octanol–water partition coefficient (Wildman–Crippen LogP) is 3.40. The van der Waals surface area contributed by atoms with Gasteiger partial charge in [0, 0.05) is 29.6 Å². The molecule has 6 heteroatoms. The van der Waals surface area contributed by atoms with Crippen LogP contribution in [0.25, 0.3) is 32.9 Å².